The molecule has 0 radical (unpaired) electrons. The second-order valence-electron chi connectivity index (χ2n) is 2.99. The van der Waals surface area contributed by atoms with E-state index in [4.69, 9.17) is 4.74 Å². The summed E-state index contributed by atoms with van der Waals surface area (Å²) in [6.45, 7) is 8.05. The summed E-state index contributed by atoms with van der Waals surface area (Å²) in [5.74, 6) is 0. The van der Waals surface area contributed by atoms with E-state index in [1.807, 2.05) is 13.8 Å². The summed E-state index contributed by atoms with van der Waals surface area (Å²) in [7, 11) is 0. The molecule has 0 aromatic rings. The SMILES string of the molecule is CCCCCOC(=O)N(CC)CC. The molecule has 0 spiro atoms. The fourth-order valence-corrected chi connectivity index (χ4v) is 1.08. The highest BCUT2D eigenvalue weighted by molar-refractivity contribution is 5.67. The highest BCUT2D eigenvalue weighted by Crippen LogP contribution is 1.98. The van der Waals surface area contributed by atoms with Gasteiger partial charge in [0.15, 0.2) is 0 Å². The largest absolute Gasteiger partial charge is 0.449 e. The lowest BCUT2D eigenvalue weighted by atomic mass is 10.3. The first-order chi connectivity index (χ1) is 6.26. The van der Waals surface area contributed by atoms with Crippen LogP contribution >= 0.6 is 0 Å². The van der Waals surface area contributed by atoms with Gasteiger partial charge in [-0.2, -0.15) is 0 Å². The van der Waals surface area contributed by atoms with E-state index in [2.05, 4.69) is 6.92 Å². The van der Waals surface area contributed by atoms with Crippen molar-refractivity contribution in [1.29, 1.82) is 0 Å². The fraction of sp³-hybridized carbons (Fsp3) is 0.900. The van der Waals surface area contributed by atoms with Crippen molar-refractivity contribution in [2.45, 2.75) is 40.0 Å². The first kappa shape index (κ1) is 12.3. The van der Waals surface area contributed by atoms with E-state index in [1.54, 1.807) is 4.90 Å². The molecule has 0 aliphatic carbocycles. The number of ether oxygens (including phenoxy) is 1. The molecule has 3 heteroatoms. The summed E-state index contributed by atoms with van der Waals surface area (Å²) >= 11 is 0. The molecule has 0 rings (SSSR count). The van der Waals surface area contributed by atoms with Gasteiger partial charge in [-0.1, -0.05) is 19.8 Å². The third-order valence-electron chi connectivity index (χ3n) is 2.00. The molecule has 0 atom stereocenters. The maximum atomic E-state index is 11.3. The van der Waals surface area contributed by atoms with Gasteiger partial charge in [0.1, 0.15) is 0 Å². The molecular formula is C10H21NO2. The third kappa shape index (κ3) is 5.50. The number of hydrogen-bond acceptors (Lipinski definition) is 2. The van der Waals surface area contributed by atoms with Crippen LogP contribution in [0, 0.1) is 0 Å². The van der Waals surface area contributed by atoms with Crippen LogP contribution < -0.4 is 0 Å². The first-order valence-corrected chi connectivity index (χ1v) is 5.17. The van der Waals surface area contributed by atoms with Gasteiger partial charge in [0, 0.05) is 13.1 Å². The molecule has 0 N–H and O–H groups in total. The summed E-state index contributed by atoms with van der Waals surface area (Å²) in [5, 5.41) is 0. The van der Waals surface area contributed by atoms with Gasteiger partial charge in [-0.15, -0.1) is 0 Å². The minimum absolute atomic E-state index is 0.180. The Morgan fingerprint density at radius 1 is 1.15 bits per heavy atom. The van der Waals surface area contributed by atoms with Crippen molar-refractivity contribution in [3.8, 4) is 0 Å². The van der Waals surface area contributed by atoms with Gasteiger partial charge < -0.3 is 9.64 Å². The van der Waals surface area contributed by atoms with Crippen molar-refractivity contribution in [2.75, 3.05) is 19.7 Å². The Kier molecular flexibility index (Phi) is 7.45. The summed E-state index contributed by atoms with van der Waals surface area (Å²) in [4.78, 5) is 13.0. The molecular weight excluding hydrogens is 166 g/mol. The lowest BCUT2D eigenvalue weighted by Crippen LogP contribution is -2.31. The van der Waals surface area contributed by atoms with Crippen molar-refractivity contribution in [3.63, 3.8) is 0 Å². The number of amides is 1. The minimum Gasteiger partial charge on any atom is -0.449 e. The predicted molar refractivity (Wildman–Crippen MR) is 53.8 cm³/mol. The van der Waals surface area contributed by atoms with Crippen LogP contribution in [0.4, 0.5) is 4.79 Å². The van der Waals surface area contributed by atoms with Gasteiger partial charge >= 0.3 is 6.09 Å². The lowest BCUT2D eigenvalue weighted by molar-refractivity contribution is 0.104. The molecule has 78 valence electrons. The fourth-order valence-electron chi connectivity index (χ4n) is 1.08. The van der Waals surface area contributed by atoms with E-state index in [0.29, 0.717) is 6.61 Å². The third-order valence-corrected chi connectivity index (χ3v) is 2.00. The Morgan fingerprint density at radius 2 is 1.77 bits per heavy atom. The molecule has 13 heavy (non-hydrogen) atoms. The van der Waals surface area contributed by atoms with Crippen molar-refractivity contribution in [1.82, 2.24) is 4.90 Å². The standard InChI is InChI=1S/C10H21NO2/c1-4-7-8-9-13-10(12)11(5-2)6-3/h4-9H2,1-3H3. The number of carbonyl (C=O) groups is 1. The van der Waals surface area contributed by atoms with Crippen LogP contribution in [0.25, 0.3) is 0 Å². The smallest absolute Gasteiger partial charge is 0.409 e. The second kappa shape index (κ2) is 7.90. The Morgan fingerprint density at radius 3 is 2.23 bits per heavy atom. The molecule has 0 aromatic heterocycles. The lowest BCUT2D eigenvalue weighted by Gasteiger charge is -2.17. The van der Waals surface area contributed by atoms with E-state index in [-0.39, 0.29) is 6.09 Å². The van der Waals surface area contributed by atoms with Crippen molar-refractivity contribution in [3.05, 3.63) is 0 Å². The summed E-state index contributed by atoms with van der Waals surface area (Å²) in [6.07, 6.45) is 3.08. The zero-order chi connectivity index (χ0) is 10.1. The topological polar surface area (TPSA) is 29.5 Å². The van der Waals surface area contributed by atoms with Crippen LogP contribution in [-0.2, 0) is 4.74 Å². The van der Waals surface area contributed by atoms with Gasteiger partial charge in [-0.25, -0.2) is 4.79 Å². The molecule has 3 nitrogen and oxygen atoms in total. The van der Waals surface area contributed by atoms with Gasteiger partial charge in [-0.3, -0.25) is 0 Å². The summed E-state index contributed by atoms with van der Waals surface area (Å²) in [5.41, 5.74) is 0. The Bertz CT molecular complexity index is 133. The van der Waals surface area contributed by atoms with E-state index >= 15 is 0 Å². The number of nitrogens with zero attached hydrogens (tertiary/aromatic N) is 1. The number of carbonyl (C=O) groups excluding carboxylic acids is 1. The van der Waals surface area contributed by atoms with Crippen molar-refractivity contribution in [2.24, 2.45) is 0 Å². The second-order valence-corrected chi connectivity index (χ2v) is 2.99. The molecule has 0 heterocycles. The van der Waals surface area contributed by atoms with E-state index in [1.165, 1.54) is 0 Å². The van der Waals surface area contributed by atoms with E-state index in [0.717, 1.165) is 32.4 Å². The van der Waals surface area contributed by atoms with Crippen LogP contribution in [0.15, 0.2) is 0 Å². The molecule has 0 aliphatic heterocycles. The van der Waals surface area contributed by atoms with Crippen LogP contribution in [0.1, 0.15) is 40.0 Å². The van der Waals surface area contributed by atoms with Gasteiger partial charge in [0.05, 0.1) is 6.61 Å². The monoisotopic (exact) mass is 187 g/mol. The van der Waals surface area contributed by atoms with E-state index < -0.39 is 0 Å². The molecule has 0 aromatic carbocycles. The molecule has 0 saturated carbocycles. The normalized spacial score (nSPS) is 9.77. The van der Waals surface area contributed by atoms with Crippen molar-refractivity contribution < 1.29 is 9.53 Å². The minimum atomic E-state index is -0.180. The molecule has 0 fully saturated rings. The molecule has 0 saturated heterocycles. The maximum Gasteiger partial charge on any atom is 0.409 e. The zero-order valence-electron chi connectivity index (χ0n) is 9.01. The maximum absolute atomic E-state index is 11.3. The molecule has 0 bridgehead atoms. The Labute approximate surface area is 81.1 Å². The molecule has 0 unspecified atom stereocenters. The highest BCUT2D eigenvalue weighted by Gasteiger charge is 2.09. The first-order valence-electron chi connectivity index (χ1n) is 5.17. The highest BCUT2D eigenvalue weighted by atomic mass is 16.6. The summed E-state index contributed by atoms with van der Waals surface area (Å²) in [6, 6.07) is 0. The number of unbranched alkanes of at least 4 members (excludes halogenated alkanes) is 2. The number of hydrogen-bond donors (Lipinski definition) is 0. The van der Waals surface area contributed by atoms with Crippen molar-refractivity contribution >= 4 is 6.09 Å². The van der Waals surface area contributed by atoms with E-state index in [9.17, 15) is 4.79 Å². The molecule has 0 aliphatic rings. The van der Waals surface area contributed by atoms with Gasteiger partial charge in [-0.05, 0) is 20.3 Å². The average Bonchev–Trinajstić information content (AvgIpc) is 2.14. The Hall–Kier alpha value is -0.730. The van der Waals surface area contributed by atoms with Crippen LogP contribution in [0.3, 0.4) is 0 Å². The average molecular weight is 187 g/mol. The Balaban J connectivity index is 3.48. The van der Waals surface area contributed by atoms with Gasteiger partial charge in [0.25, 0.3) is 0 Å². The van der Waals surface area contributed by atoms with Crippen LogP contribution in [-0.4, -0.2) is 30.7 Å². The number of rotatable bonds is 6. The zero-order valence-corrected chi connectivity index (χ0v) is 9.01. The van der Waals surface area contributed by atoms with Crippen LogP contribution in [0.2, 0.25) is 0 Å². The summed E-state index contributed by atoms with van der Waals surface area (Å²) < 4.78 is 5.08. The van der Waals surface area contributed by atoms with Gasteiger partial charge in [0.2, 0.25) is 0 Å². The quantitative estimate of drug-likeness (QED) is 0.598. The predicted octanol–water partition coefficient (Wildman–Crippen LogP) is 2.66. The molecule has 1 amide bonds. The van der Waals surface area contributed by atoms with Crippen LogP contribution in [0.5, 0.6) is 0 Å².